The fraction of sp³-hybridized carbons (Fsp3) is 0.222. The Morgan fingerprint density at radius 1 is 1.19 bits per heavy atom. The minimum Gasteiger partial charge on any atom is -0.364 e. The number of allylic oxidation sites excluding steroid dienone is 6. The fourth-order valence-corrected chi connectivity index (χ4v) is 3.11. The zero-order valence-corrected chi connectivity index (χ0v) is 19.5. The molecule has 0 saturated heterocycles. The molecule has 5 nitrogen and oxygen atoms in total. The zero-order chi connectivity index (χ0) is 23.3. The monoisotopic (exact) mass is 427 g/mol. The second-order valence-electron chi connectivity index (χ2n) is 7.21. The third-order valence-corrected chi connectivity index (χ3v) is 5.06. The van der Waals surface area contributed by atoms with E-state index in [9.17, 15) is 0 Å². The van der Waals surface area contributed by atoms with Crippen LogP contribution in [0.3, 0.4) is 0 Å². The van der Waals surface area contributed by atoms with Gasteiger partial charge >= 0.3 is 0 Å². The van der Waals surface area contributed by atoms with E-state index in [1.165, 1.54) is 11.3 Å². The second-order valence-corrected chi connectivity index (χ2v) is 7.21. The van der Waals surface area contributed by atoms with Crippen LogP contribution >= 0.6 is 0 Å². The van der Waals surface area contributed by atoms with Crippen molar-refractivity contribution in [3.05, 3.63) is 95.5 Å². The Morgan fingerprint density at radius 2 is 1.94 bits per heavy atom. The van der Waals surface area contributed by atoms with E-state index in [-0.39, 0.29) is 0 Å². The van der Waals surface area contributed by atoms with Crippen LogP contribution in [0, 0.1) is 0 Å². The maximum absolute atomic E-state index is 4.74. The number of hydrogen-bond acceptors (Lipinski definition) is 4. The summed E-state index contributed by atoms with van der Waals surface area (Å²) in [6.07, 6.45) is 14.3. The zero-order valence-electron chi connectivity index (χ0n) is 19.5. The van der Waals surface area contributed by atoms with Crippen molar-refractivity contribution < 1.29 is 0 Å². The van der Waals surface area contributed by atoms with Gasteiger partial charge in [0.25, 0.3) is 0 Å². The molecule has 5 heteroatoms. The highest BCUT2D eigenvalue weighted by Gasteiger charge is 2.06. The summed E-state index contributed by atoms with van der Waals surface area (Å²) in [7, 11) is 1.77. The average Bonchev–Trinajstić information content (AvgIpc) is 2.81. The van der Waals surface area contributed by atoms with E-state index < -0.39 is 0 Å². The highest BCUT2D eigenvalue weighted by atomic mass is 15.0. The molecular formula is C27H33N5. The first-order chi connectivity index (χ1) is 15.5. The quantitative estimate of drug-likeness (QED) is 0.389. The summed E-state index contributed by atoms with van der Waals surface area (Å²) in [5.41, 5.74) is 7.53. The van der Waals surface area contributed by atoms with Gasteiger partial charge in [0.05, 0.1) is 6.54 Å². The molecule has 2 N–H and O–H groups in total. The van der Waals surface area contributed by atoms with Crippen LogP contribution in [0.5, 0.6) is 0 Å². The molecule has 0 bridgehead atoms. The maximum Gasteiger partial charge on any atom is 0.127 e. The van der Waals surface area contributed by atoms with Crippen LogP contribution < -0.4 is 10.6 Å². The molecule has 2 rings (SSSR count). The molecule has 1 heterocycles. The van der Waals surface area contributed by atoms with Gasteiger partial charge in [-0.2, -0.15) is 0 Å². The standard InChI is InChI=1S/C27H33N5/c1-7-23(19-29-6)24-11-13-25(14-12-24)32-27(15-16-28-5)31-18-22-10-9-20(3)21(4)26(8-2)30-17-22/h7,9-17,19,30H,3,5,8,18H2,1-2,4,6H3,(H,31,32)/b10-9?,16-15-,22-17?,23-7+,26-21-,29-19?. The molecule has 0 amide bonds. The molecule has 0 saturated carbocycles. The van der Waals surface area contributed by atoms with E-state index in [2.05, 4.69) is 59.9 Å². The van der Waals surface area contributed by atoms with Crippen molar-refractivity contribution in [1.82, 2.24) is 5.32 Å². The van der Waals surface area contributed by atoms with Gasteiger partial charge in [0.2, 0.25) is 0 Å². The maximum atomic E-state index is 4.74. The normalized spacial score (nSPS) is 17.9. The molecule has 0 aromatic heterocycles. The second kappa shape index (κ2) is 12.8. The molecule has 32 heavy (non-hydrogen) atoms. The molecule has 0 atom stereocenters. The Morgan fingerprint density at radius 3 is 2.56 bits per heavy atom. The number of aliphatic imine (C=N–C) groups is 3. The van der Waals surface area contributed by atoms with Crippen molar-refractivity contribution in [2.45, 2.75) is 27.2 Å². The van der Waals surface area contributed by atoms with E-state index in [0.29, 0.717) is 12.4 Å². The number of benzene rings is 1. The first-order valence-corrected chi connectivity index (χ1v) is 10.7. The first kappa shape index (κ1) is 24.5. The summed E-state index contributed by atoms with van der Waals surface area (Å²) in [5, 5.41) is 6.76. The Kier molecular flexibility index (Phi) is 9.85. The molecule has 1 aliphatic rings. The number of nitrogens with zero attached hydrogens (tertiary/aromatic N) is 3. The lowest BCUT2D eigenvalue weighted by Gasteiger charge is -2.15. The highest BCUT2D eigenvalue weighted by Crippen LogP contribution is 2.19. The Bertz CT molecular complexity index is 1030. The number of rotatable bonds is 8. The number of hydrogen-bond donors (Lipinski definition) is 2. The van der Waals surface area contributed by atoms with E-state index in [0.717, 1.165) is 34.4 Å². The lowest BCUT2D eigenvalue weighted by molar-refractivity contribution is 0.906. The molecule has 166 valence electrons. The topological polar surface area (TPSA) is 61.1 Å². The molecule has 0 spiro atoms. The molecule has 1 aliphatic heterocycles. The molecule has 0 radical (unpaired) electrons. The average molecular weight is 428 g/mol. The number of amidine groups is 1. The Hall–Kier alpha value is -3.73. The van der Waals surface area contributed by atoms with Crippen LogP contribution in [-0.2, 0) is 0 Å². The van der Waals surface area contributed by atoms with Gasteiger partial charge in [-0.1, -0.05) is 43.9 Å². The highest BCUT2D eigenvalue weighted by molar-refractivity contribution is 6.10. The Balaban J connectivity index is 2.21. The van der Waals surface area contributed by atoms with Crippen molar-refractivity contribution in [3.8, 4) is 0 Å². The lowest BCUT2D eigenvalue weighted by Crippen LogP contribution is -2.12. The lowest BCUT2D eigenvalue weighted by atomic mass is 10.0. The third-order valence-electron chi connectivity index (χ3n) is 5.06. The third kappa shape index (κ3) is 7.20. The molecule has 0 fully saturated rings. The number of nitrogens with one attached hydrogen (secondary N) is 2. The predicted octanol–water partition coefficient (Wildman–Crippen LogP) is 6.10. The SMILES string of the molecule is C=N/C=C\C(=NCC1=CN/C(CC)=C(/C)C(=C)C=C1)Nc1ccc(/C(C=NC)=C/C)cc1. The van der Waals surface area contributed by atoms with Crippen molar-refractivity contribution in [1.29, 1.82) is 0 Å². The van der Waals surface area contributed by atoms with Gasteiger partial charge < -0.3 is 10.6 Å². The van der Waals surface area contributed by atoms with Gasteiger partial charge in [-0.15, -0.1) is 0 Å². The van der Waals surface area contributed by atoms with Crippen molar-refractivity contribution in [2.24, 2.45) is 15.0 Å². The summed E-state index contributed by atoms with van der Waals surface area (Å²) >= 11 is 0. The van der Waals surface area contributed by atoms with E-state index in [1.54, 1.807) is 13.2 Å². The van der Waals surface area contributed by atoms with Crippen LogP contribution in [0.2, 0.25) is 0 Å². The first-order valence-electron chi connectivity index (χ1n) is 10.7. The summed E-state index contributed by atoms with van der Waals surface area (Å²) in [4.78, 5) is 12.7. The molecule has 0 aliphatic carbocycles. The summed E-state index contributed by atoms with van der Waals surface area (Å²) in [6.45, 7) is 14.4. The molecular weight excluding hydrogens is 394 g/mol. The van der Waals surface area contributed by atoms with Gasteiger partial charge in [0.15, 0.2) is 0 Å². The summed E-state index contributed by atoms with van der Waals surface area (Å²) < 4.78 is 0. The van der Waals surface area contributed by atoms with Gasteiger partial charge in [-0.05, 0) is 73.1 Å². The number of anilines is 1. The largest absolute Gasteiger partial charge is 0.364 e. The van der Waals surface area contributed by atoms with E-state index in [1.807, 2.05) is 55.8 Å². The van der Waals surface area contributed by atoms with E-state index in [4.69, 9.17) is 4.99 Å². The smallest absolute Gasteiger partial charge is 0.127 e. The predicted molar refractivity (Wildman–Crippen MR) is 142 cm³/mol. The summed E-state index contributed by atoms with van der Waals surface area (Å²) in [5.74, 6) is 0.698. The minimum absolute atomic E-state index is 0.504. The summed E-state index contributed by atoms with van der Waals surface area (Å²) in [6, 6.07) is 8.16. The van der Waals surface area contributed by atoms with Crippen molar-refractivity contribution in [2.75, 3.05) is 18.9 Å². The molecule has 0 unspecified atom stereocenters. The van der Waals surface area contributed by atoms with Crippen LogP contribution in [0.15, 0.2) is 105 Å². The Labute approximate surface area is 192 Å². The van der Waals surface area contributed by atoms with Gasteiger partial charge in [0, 0.05) is 37.0 Å². The molecule has 1 aromatic rings. The van der Waals surface area contributed by atoms with Crippen LogP contribution in [0.25, 0.3) is 5.57 Å². The molecule has 1 aromatic carbocycles. The van der Waals surface area contributed by atoms with E-state index >= 15 is 0 Å². The van der Waals surface area contributed by atoms with Crippen molar-refractivity contribution >= 4 is 30.0 Å². The van der Waals surface area contributed by atoms with Gasteiger partial charge in [0.1, 0.15) is 5.84 Å². The minimum atomic E-state index is 0.504. The van der Waals surface area contributed by atoms with Crippen LogP contribution in [0.4, 0.5) is 5.69 Å². The van der Waals surface area contributed by atoms with Crippen LogP contribution in [0.1, 0.15) is 32.8 Å². The van der Waals surface area contributed by atoms with Crippen LogP contribution in [-0.4, -0.2) is 32.4 Å². The fourth-order valence-electron chi connectivity index (χ4n) is 3.11. The van der Waals surface area contributed by atoms with Crippen molar-refractivity contribution in [3.63, 3.8) is 0 Å². The van der Waals surface area contributed by atoms with Gasteiger partial charge in [-0.25, -0.2) is 0 Å². The van der Waals surface area contributed by atoms with Gasteiger partial charge in [-0.3, -0.25) is 15.0 Å².